The van der Waals surface area contributed by atoms with Gasteiger partial charge in [0, 0.05) is 0 Å². The molecule has 0 radical (unpaired) electrons. The van der Waals surface area contributed by atoms with E-state index in [2.05, 4.69) is 250 Å². The minimum Gasteiger partial charge on any atom is -0.124 e. The van der Waals surface area contributed by atoms with Crippen LogP contribution in [-0.2, 0) is 6.42 Å². The van der Waals surface area contributed by atoms with Gasteiger partial charge in [0.2, 0.25) is 0 Å². The van der Waals surface area contributed by atoms with Crippen molar-refractivity contribution in [1.29, 1.82) is 0 Å². The van der Waals surface area contributed by atoms with E-state index in [1.807, 2.05) is 0 Å². The molecule has 60 heavy (non-hydrogen) atoms. The third-order valence-electron chi connectivity index (χ3n) is 10.8. The number of rotatable bonds is 14. The Morgan fingerprint density at radius 2 is 1.10 bits per heavy atom. The molecule has 0 aliphatic rings. The second-order valence-electron chi connectivity index (χ2n) is 15.5. The summed E-state index contributed by atoms with van der Waals surface area (Å²) in [7, 11) is 0. The van der Waals surface area contributed by atoms with Gasteiger partial charge in [-0.2, -0.15) is 0 Å². The summed E-state index contributed by atoms with van der Waals surface area (Å²) in [6.45, 7) is 21.5. The lowest BCUT2D eigenvalue weighted by atomic mass is 9.95. The average Bonchev–Trinajstić information content (AvgIpc) is 3.27. The van der Waals surface area contributed by atoms with Crippen molar-refractivity contribution in [2.45, 2.75) is 54.4 Å². The van der Waals surface area contributed by atoms with Crippen molar-refractivity contribution < 1.29 is 0 Å². The predicted molar refractivity (Wildman–Crippen MR) is 267 cm³/mol. The molecule has 0 bridgehead atoms. The summed E-state index contributed by atoms with van der Waals surface area (Å²) in [4.78, 5) is 0. The van der Waals surface area contributed by atoms with Crippen LogP contribution in [0.15, 0.2) is 200 Å². The zero-order valence-corrected chi connectivity index (χ0v) is 36.3. The Kier molecular flexibility index (Phi) is 16.0. The molecule has 0 N–H and O–H groups in total. The fourth-order valence-electron chi connectivity index (χ4n) is 7.13. The van der Waals surface area contributed by atoms with Gasteiger partial charge in [-0.05, 0) is 144 Å². The summed E-state index contributed by atoms with van der Waals surface area (Å²) in [6.07, 6.45) is 29.3. The quantitative estimate of drug-likeness (QED) is 0.0763. The smallest absolute Gasteiger partial charge is 0.00258 e. The molecule has 298 valence electrons. The molecule has 0 aliphatic heterocycles. The first-order valence-corrected chi connectivity index (χ1v) is 20.7. The van der Waals surface area contributed by atoms with E-state index in [1.54, 1.807) is 0 Å². The normalized spacial score (nSPS) is 12.3. The van der Waals surface area contributed by atoms with E-state index >= 15 is 0 Å². The fourth-order valence-corrected chi connectivity index (χ4v) is 7.13. The molecule has 0 saturated heterocycles. The molecular weight excluding hydrogens is 721 g/mol. The molecule has 0 aliphatic carbocycles. The maximum Gasteiger partial charge on any atom is -0.00258 e. The van der Waals surface area contributed by atoms with Gasteiger partial charge < -0.3 is 0 Å². The average molecular weight is 779 g/mol. The van der Waals surface area contributed by atoms with E-state index in [0.29, 0.717) is 0 Å². The van der Waals surface area contributed by atoms with Crippen molar-refractivity contribution in [3.8, 4) is 24.0 Å². The number of hydrogen-bond acceptors (Lipinski definition) is 0. The molecule has 0 atom stereocenters. The van der Waals surface area contributed by atoms with Crippen LogP contribution < -0.4 is 0 Å². The van der Waals surface area contributed by atoms with Crippen LogP contribution in [0.4, 0.5) is 0 Å². The van der Waals surface area contributed by atoms with Crippen molar-refractivity contribution in [2.75, 3.05) is 0 Å². The predicted octanol–water partition coefficient (Wildman–Crippen LogP) is 16.5. The monoisotopic (exact) mass is 778 g/mol. The summed E-state index contributed by atoms with van der Waals surface area (Å²) in [6, 6.07) is 46.2. The Morgan fingerprint density at radius 3 is 1.72 bits per heavy atom. The topological polar surface area (TPSA) is 0 Å². The van der Waals surface area contributed by atoms with Crippen LogP contribution in [0.5, 0.6) is 0 Å². The van der Waals surface area contributed by atoms with E-state index in [-0.39, 0.29) is 0 Å². The minimum atomic E-state index is 0.885. The van der Waals surface area contributed by atoms with Crippen LogP contribution in [0, 0.1) is 33.6 Å². The molecule has 0 fully saturated rings. The molecular formula is C60H58. The van der Waals surface area contributed by atoms with Gasteiger partial charge in [0.05, 0.1) is 0 Å². The van der Waals surface area contributed by atoms with Crippen molar-refractivity contribution in [3.63, 3.8) is 0 Å². The highest BCUT2D eigenvalue weighted by Gasteiger charge is 2.06. The van der Waals surface area contributed by atoms with Crippen LogP contribution in [0.25, 0.3) is 44.7 Å². The standard InChI is InChI=1S/C58H56.C2H2/c1-9-11-48(38-43(4)12-10-13-44(5)51-25-14-41(2)15-26-51)20-18-45(6)52-30-21-49(22-31-52)39-50-23-32-53(33-24-50)46(7)19-29-54-34-35-56-36-37-57(40-58(56)47(54)8)55-27-16-42(3)17-28-55;1-2/h9-37,40H,5,7,38-39H2,1-4,6,8H3;1-2H/b11-9-,13-10-,29-19-,43-12+,45-18+,48-20-;. The highest BCUT2D eigenvalue weighted by molar-refractivity contribution is 5.93. The van der Waals surface area contributed by atoms with Gasteiger partial charge in [0.25, 0.3) is 0 Å². The van der Waals surface area contributed by atoms with Crippen molar-refractivity contribution >= 4 is 33.6 Å². The first-order valence-electron chi connectivity index (χ1n) is 20.7. The highest BCUT2D eigenvalue weighted by Crippen LogP contribution is 2.30. The summed E-state index contributed by atoms with van der Waals surface area (Å²) < 4.78 is 0. The largest absolute Gasteiger partial charge is 0.124 e. The summed E-state index contributed by atoms with van der Waals surface area (Å²) >= 11 is 0. The zero-order valence-electron chi connectivity index (χ0n) is 36.3. The highest BCUT2D eigenvalue weighted by atomic mass is 14.1. The Bertz CT molecular complexity index is 2620. The number of aryl methyl sites for hydroxylation is 3. The lowest BCUT2D eigenvalue weighted by molar-refractivity contribution is 1.15. The zero-order chi connectivity index (χ0) is 43.0. The maximum absolute atomic E-state index is 4.40. The maximum atomic E-state index is 4.40. The van der Waals surface area contributed by atoms with Gasteiger partial charge >= 0.3 is 0 Å². The third-order valence-corrected chi connectivity index (χ3v) is 10.8. The van der Waals surface area contributed by atoms with E-state index < -0.39 is 0 Å². The molecule has 6 rings (SSSR count). The molecule has 0 nitrogen and oxygen atoms in total. The summed E-state index contributed by atoms with van der Waals surface area (Å²) in [5.74, 6) is 0. The first kappa shape index (κ1) is 44.2. The lowest BCUT2D eigenvalue weighted by Gasteiger charge is -2.10. The van der Waals surface area contributed by atoms with Crippen LogP contribution in [0.2, 0.25) is 0 Å². The lowest BCUT2D eigenvalue weighted by Crippen LogP contribution is -1.90. The Balaban J connectivity index is 0.00000336. The SMILES string of the molecule is C#C.C=C(/C=C\C=C(/C)CC(/C=C\C)=C\C=C(/C)c1ccc(Cc2ccc(C(=C)/C=C\c3ccc4ccc(-c5ccc(C)cc5)cc4c3C)cc2)cc1)c1ccc(C)cc1. The van der Waals surface area contributed by atoms with Gasteiger partial charge in [0.1, 0.15) is 0 Å². The molecule has 0 heteroatoms. The first-order chi connectivity index (χ1) is 29.1. The van der Waals surface area contributed by atoms with Gasteiger partial charge in [-0.3, -0.25) is 0 Å². The Labute approximate surface area is 360 Å². The fraction of sp³-hybridized carbons (Fsp3) is 0.133. The van der Waals surface area contributed by atoms with Crippen LogP contribution in [-0.4, -0.2) is 0 Å². The van der Waals surface area contributed by atoms with Gasteiger partial charge in [-0.15, -0.1) is 12.8 Å². The van der Waals surface area contributed by atoms with E-state index in [0.717, 1.165) is 35.1 Å². The Hall–Kier alpha value is -6.94. The van der Waals surface area contributed by atoms with Crippen molar-refractivity contribution in [1.82, 2.24) is 0 Å². The molecule has 0 aromatic heterocycles. The second-order valence-corrected chi connectivity index (χ2v) is 15.5. The Morgan fingerprint density at radius 1 is 0.567 bits per heavy atom. The third kappa shape index (κ3) is 12.3. The molecule has 0 unspecified atom stereocenters. The molecule has 0 saturated carbocycles. The van der Waals surface area contributed by atoms with E-state index in [9.17, 15) is 0 Å². The molecule has 6 aromatic carbocycles. The van der Waals surface area contributed by atoms with Gasteiger partial charge in [0.15, 0.2) is 0 Å². The van der Waals surface area contributed by atoms with Crippen LogP contribution >= 0.6 is 0 Å². The van der Waals surface area contributed by atoms with Gasteiger partial charge in [-0.1, -0.05) is 206 Å². The summed E-state index contributed by atoms with van der Waals surface area (Å²) in [5, 5.41) is 2.54. The van der Waals surface area contributed by atoms with E-state index in [1.165, 1.54) is 77.6 Å². The molecule has 0 heterocycles. The number of benzene rings is 6. The van der Waals surface area contributed by atoms with Crippen LogP contribution in [0.3, 0.4) is 0 Å². The second kappa shape index (κ2) is 21.7. The minimum absolute atomic E-state index is 0.885. The molecule has 6 aromatic rings. The van der Waals surface area contributed by atoms with Crippen LogP contribution in [0.1, 0.15) is 77.3 Å². The summed E-state index contributed by atoms with van der Waals surface area (Å²) in [5.41, 5.74) is 19.4. The molecule has 0 amide bonds. The molecule has 0 spiro atoms. The number of allylic oxidation sites excluding steroid dienone is 13. The number of fused-ring (bicyclic) bond motifs is 1. The number of terminal acetylenes is 1. The number of hydrogen-bond donors (Lipinski definition) is 0. The van der Waals surface area contributed by atoms with Crippen molar-refractivity contribution in [2.24, 2.45) is 0 Å². The van der Waals surface area contributed by atoms with Gasteiger partial charge in [-0.25, -0.2) is 0 Å². The van der Waals surface area contributed by atoms with Crippen molar-refractivity contribution in [3.05, 3.63) is 250 Å². The van der Waals surface area contributed by atoms with E-state index in [4.69, 9.17) is 0 Å².